The largest absolute Gasteiger partial charge is 0.396 e. The first-order valence-electron chi connectivity index (χ1n) is 9.17. The van der Waals surface area contributed by atoms with E-state index in [-0.39, 0.29) is 6.61 Å². The maximum Gasteiger partial charge on any atom is 0.134 e. The summed E-state index contributed by atoms with van der Waals surface area (Å²) in [5.41, 5.74) is 2.71. The van der Waals surface area contributed by atoms with Crippen LogP contribution in [0.1, 0.15) is 42.8 Å². The molecule has 140 valence electrons. The van der Waals surface area contributed by atoms with Crippen molar-refractivity contribution in [2.75, 3.05) is 29.9 Å². The summed E-state index contributed by atoms with van der Waals surface area (Å²) >= 11 is 0. The quantitative estimate of drug-likeness (QED) is 0.690. The van der Waals surface area contributed by atoms with E-state index in [1.165, 1.54) is 11.1 Å². The molecule has 0 unspecified atom stereocenters. The summed E-state index contributed by atoms with van der Waals surface area (Å²) in [4.78, 5) is 11.3. The first-order valence-corrected chi connectivity index (χ1v) is 9.17. The van der Waals surface area contributed by atoms with E-state index in [2.05, 4.69) is 32.3 Å². The molecule has 26 heavy (non-hydrogen) atoms. The van der Waals surface area contributed by atoms with Crippen LogP contribution in [0.5, 0.6) is 0 Å². The molecule has 6 nitrogen and oxygen atoms in total. The summed E-state index contributed by atoms with van der Waals surface area (Å²) in [5.74, 6) is 2.45. The molecule has 0 aliphatic carbocycles. The van der Waals surface area contributed by atoms with Crippen molar-refractivity contribution in [2.45, 2.75) is 45.8 Å². The van der Waals surface area contributed by atoms with E-state index in [0.717, 1.165) is 42.5 Å². The maximum atomic E-state index is 10.2. The molecule has 2 heterocycles. The topological polar surface area (TPSA) is 81.5 Å². The van der Waals surface area contributed by atoms with Crippen molar-refractivity contribution in [1.82, 2.24) is 9.97 Å². The standard InChI is InChI=1S/C20H28N4O2/c1-14-22-18(21-8-4-10-25)12-19(23-14)24-9-7-15-11-17(20(2,3)26)6-5-16(15)13-24/h5-6,11-12,25-26H,4,7-10,13H2,1-3H3,(H,21,22,23). The average Bonchev–Trinajstić information content (AvgIpc) is 2.60. The van der Waals surface area contributed by atoms with Crippen LogP contribution in [0.15, 0.2) is 24.3 Å². The second-order valence-corrected chi connectivity index (χ2v) is 7.38. The highest BCUT2D eigenvalue weighted by Crippen LogP contribution is 2.28. The number of benzene rings is 1. The number of hydrogen-bond donors (Lipinski definition) is 3. The summed E-state index contributed by atoms with van der Waals surface area (Å²) in [6, 6.07) is 8.22. The van der Waals surface area contributed by atoms with Crippen LogP contribution in [0.3, 0.4) is 0 Å². The lowest BCUT2D eigenvalue weighted by atomic mass is 9.91. The number of anilines is 2. The molecular weight excluding hydrogens is 328 g/mol. The molecule has 0 saturated heterocycles. The van der Waals surface area contributed by atoms with E-state index in [0.29, 0.717) is 13.0 Å². The van der Waals surface area contributed by atoms with Crippen LogP contribution < -0.4 is 10.2 Å². The number of hydrogen-bond acceptors (Lipinski definition) is 6. The minimum atomic E-state index is -0.814. The number of fused-ring (bicyclic) bond motifs is 1. The van der Waals surface area contributed by atoms with Crippen LogP contribution in [0, 0.1) is 6.92 Å². The smallest absolute Gasteiger partial charge is 0.134 e. The van der Waals surface area contributed by atoms with Gasteiger partial charge in [-0.1, -0.05) is 18.2 Å². The van der Waals surface area contributed by atoms with Gasteiger partial charge in [0.2, 0.25) is 0 Å². The number of aromatic nitrogens is 2. The molecule has 3 rings (SSSR count). The van der Waals surface area contributed by atoms with Crippen LogP contribution in [-0.4, -0.2) is 39.9 Å². The van der Waals surface area contributed by atoms with E-state index >= 15 is 0 Å². The molecule has 0 saturated carbocycles. The Morgan fingerprint density at radius 1 is 1.19 bits per heavy atom. The molecular formula is C20H28N4O2. The van der Waals surface area contributed by atoms with Gasteiger partial charge < -0.3 is 20.4 Å². The summed E-state index contributed by atoms with van der Waals surface area (Å²) in [6.45, 7) is 8.07. The Balaban J connectivity index is 1.78. The minimum absolute atomic E-state index is 0.166. The molecule has 0 atom stereocenters. The zero-order valence-electron chi connectivity index (χ0n) is 15.8. The SMILES string of the molecule is Cc1nc(NCCCO)cc(N2CCc3cc(C(C)(C)O)ccc3C2)n1. The third-order valence-electron chi connectivity index (χ3n) is 4.71. The molecule has 1 aromatic carbocycles. The summed E-state index contributed by atoms with van der Waals surface area (Å²) in [7, 11) is 0. The van der Waals surface area contributed by atoms with Gasteiger partial charge in [0.15, 0.2) is 0 Å². The van der Waals surface area contributed by atoms with E-state index in [1.54, 1.807) is 0 Å². The van der Waals surface area contributed by atoms with E-state index in [1.807, 2.05) is 32.9 Å². The fourth-order valence-corrected chi connectivity index (χ4v) is 3.23. The van der Waals surface area contributed by atoms with Crippen molar-refractivity contribution >= 4 is 11.6 Å². The van der Waals surface area contributed by atoms with Gasteiger partial charge in [0, 0.05) is 32.3 Å². The molecule has 2 aromatic rings. The van der Waals surface area contributed by atoms with Gasteiger partial charge in [-0.2, -0.15) is 0 Å². The number of rotatable bonds is 6. The molecule has 1 aliphatic heterocycles. The third kappa shape index (κ3) is 4.31. The minimum Gasteiger partial charge on any atom is -0.396 e. The van der Waals surface area contributed by atoms with Crippen molar-refractivity contribution in [1.29, 1.82) is 0 Å². The van der Waals surface area contributed by atoms with Crippen molar-refractivity contribution in [3.8, 4) is 0 Å². The van der Waals surface area contributed by atoms with E-state index in [4.69, 9.17) is 5.11 Å². The van der Waals surface area contributed by atoms with Crippen LogP contribution >= 0.6 is 0 Å². The Kier molecular flexibility index (Phi) is 5.44. The average molecular weight is 356 g/mol. The Hall–Kier alpha value is -2.18. The number of nitrogens with one attached hydrogen (secondary N) is 1. The maximum absolute atomic E-state index is 10.2. The van der Waals surface area contributed by atoms with Crippen molar-refractivity contribution in [2.24, 2.45) is 0 Å². The number of aryl methyl sites for hydroxylation is 1. The molecule has 1 aliphatic rings. The molecule has 0 amide bonds. The fourth-order valence-electron chi connectivity index (χ4n) is 3.23. The highest BCUT2D eigenvalue weighted by molar-refractivity contribution is 5.52. The normalized spacial score (nSPS) is 14.3. The highest BCUT2D eigenvalue weighted by Gasteiger charge is 2.22. The lowest BCUT2D eigenvalue weighted by Gasteiger charge is -2.31. The molecule has 3 N–H and O–H groups in total. The van der Waals surface area contributed by atoms with Crippen molar-refractivity contribution in [3.05, 3.63) is 46.8 Å². The molecule has 0 radical (unpaired) electrons. The molecule has 0 spiro atoms. The second kappa shape index (κ2) is 7.60. The van der Waals surface area contributed by atoms with Crippen molar-refractivity contribution in [3.63, 3.8) is 0 Å². The predicted octanol–water partition coefficient (Wildman–Crippen LogP) is 2.37. The van der Waals surface area contributed by atoms with E-state index in [9.17, 15) is 5.11 Å². The lowest BCUT2D eigenvalue weighted by Crippen LogP contribution is -2.31. The third-order valence-corrected chi connectivity index (χ3v) is 4.71. The Labute approximate surface area is 154 Å². The van der Waals surface area contributed by atoms with Gasteiger partial charge in [0.25, 0.3) is 0 Å². The van der Waals surface area contributed by atoms with Gasteiger partial charge in [-0.05, 0) is 50.3 Å². The van der Waals surface area contributed by atoms with Gasteiger partial charge in [-0.15, -0.1) is 0 Å². The number of nitrogens with zero attached hydrogens (tertiary/aromatic N) is 3. The van der Waals surface area contributed by atoms with Crippen LogP contribution in [0.2, 0.25) is 0 Å². The highest BCUT2D eigenvalue weighted by atomic mass is 16.3. The van der Waals surface area contributed by atoms with Gasteiger partial charge >= 0.3 is 0 Å². The van der Waals surface area contributed by atoms with E-state index < -0.39 is 5.60 Å². The summed E-state index contributed by atoms with van der Waals surface area (Å²) in [5, 5.41) is 22.4. The predicted molar refractivity (Wildman–Crippen MR) is 103 cm³/mol. The zero-order valence-corrected chi connectivity index (χ0v) is 15.8. The zero-order chi connectivity index (χ0) is 18.7. The molecule has 1 aromatic heterocycles. The van der Waals surface area contributed by atoms with Crippen molar-refractivity contribution < 1.29 is 10.2 Å². The van der Waals surface area contributed by atoms with Gasteiger partial charge in [0.1, 0.15) is 17.5 Å². The summed E-state index contributed by atoms with van der Waals surface area (Å²) < 4.78 is 0. The Bertz CT molecular complexity index is 771. The van der Waals surface area contributed by atoms with Crippen LogP contribution in [-0.2, 0) is 18.6 Å². The number of aliphatic hydroxyl groups excluding tert-OH is 1. The monoisotopic (exact) mass is 356 g/mol. The first kappa shape index (κ1) is 18.6. The summed E-state index contributed by atoms with van der Waals surface area (Å²) in [6.07, 6.45) is 1.62. The molecule has 0 fully saturated rings. The van der Waals surface area contributed by atoms with Gasteiger partial charge in [-0.3, -0.25) is 0 Å². The fraction of sp³-hybridized carbons (Fsp3) is 0.500. The van der Waals surface area contributed by atoms with Gasteiger partial charge in [-0.25, -0.2) is 9.97 Å². The van der Waals surface area contributed by atoms with Crippen LogP contribution in [0.4, 0.5) is 11.6 Å². The van der Waals surface area contributed by atoms with Crippen LogP contribution in [0.25, 0.3) is 0 Å². The number of aliphatic hydroxyl groups is 2. The molecule has 6 heteroatoms. The second-order valence-electron chi connectivity index (χ2n) is 7.38. The lowest BCUT2D eigenvalue weighted by molar-refractivity contribution is 0.0785. The first-order chi connectivity index (χ1) is 12.4. The molecule has 0 bridgehead atoms. The Morgan fingerprint density at radius 2 is 2.00 bits per heavy atom. The van der Waals surface area contributed by atoms with Gasteiger partial charge in [0.05, 0.1) is 5.60 Å². The Morgan fingerprint density at radius 3 is 2.73 bits per heavy atom.